The lowest BCUT2D eigenvalue weighted by Gasteiger charge is -2.14. The molecule has 0 aliphatic heterocycles. The molecule has 3 N–H and O–H groups in total. The summed E-state index contributed by atoms with van der Waals surface area (Å²) in [5.41, 5.74) is 8.38. The minimum absolute atomic E-state index is 0.234. The van der Waals surface area contributed by atoms with E-state index in [1.54, 1.807) is 6.07 Å². The summed E-state index contributed by atoms with van der Waals surface area (Å²) in [6, 6.07) is 14.2. The maximum absolute atomic E-state index is 12.5. The van der Waals surface area contributed by atoms with Crippen LogP contribution >= 0.6 is 0 Å². The number of benzene rings is 2. The lowest BCUT2D eigenvalue weighted by molar-refractivity contribution is -0.138. The molecule has 0 spiro atoms. The van der Waals surface area contributed by atoms with Gasteiger partial charge in [-0.3, -0.25) is 4.79 Å². The molecule has 0 aliphatic rings. The van der Waals surface area contributed by atoms with Crippen molar-refractivity contribution in [3.8, 4) is 0 Å². The van der Waals surface area contributed by atoms with Gasteiger partial charge in [-0.1, -0.05) is 36.4 Å². The second-order valence-electron chi connectivity index (χ2n) is 5.21. The van der Waals surface area contributed by atoms with E-state index in [9.17, 15) is 9.35 Å². The minimum Gasteiger partial charge on any atom is -0.611 e. The summed E-state index contributed by atoms with van der Waals surface area (Å²) in [6.07, 6.45) is 0.234. The quantitative estimate of drug-likeness (QED) is 0.800. The summed E-state index contributed by atoms with van der Waals surface area (Å²) in [5.74, 6) is -0.593. The monoisotopic (exact) mass is 317 g/mol. The molecular weight excluding hydrogens is 298 g/mol. The maximum atomic E-state index is 12.5. The zero-order valence-corrected chi connectivity index (χ0v) is 13.2. The Bertz CT molecular complexity index is 646. The Labute approximate surface area is 133 Å². The van der Waals surface area contributed by atoms with Crippen LogP contribution in [0.1, 0.15) is 16.7 Å². The fourth-order valence-corrected chi connectivity index (χ4v) is 3.30. The average molecular weight is 317 g/mol. The van der Waals surface area contributed by atoms with Crippen molar-refractivity contribution in [2.24, 2.45) is 5.73 Å². The van der Waals surface area contributed by atoms with Crippen LogP contribution in [0.5, 0.6) is 0 Å². The van der Waals surface area contributed by atoms with Gasteiger partial charge in [0.1, 0.15) is 11.8 Å². The molecular formula is C17H19NO3S. The van der Waals surface area contributed by atoms with Gasteiger partial charge >= 0.3 is 5.97 Å². The zero-order valence-electron chi connectivity index (χ0n) is 12.4. The number of hydrogen-bond donors (Lipinski definition) is 2. The number of aryl methyl sites for hydroxylation is 1. The first-order valence-electron chi connectivity index (χ1n) is 6.97. The number of carboxylic acid groups (broad SMARTS) is 1. The van der Waals surface area contributed by atoms with Crippen molar-refractivity contribution in [1.29, 1.82) is 0 Å². The standard InChI is InChI=1S/C17H19NO3S/c1-12-7-8-15(9-14(12)10-16(18)17(19)20)22(21)11-13-5-3-2-4-6-13/h2-9,16H,10-11,18H2,1H3,(H,19,20)/t16-,22?/m0/s1. The molecule has 1 unspecified atom stereocenters. The van der Waals surface area contributed by atoms with Crippen molar-refractivity contribution in [3.63, 3.8) is 0 Å². The van der Waals surface area contributed by atoms with Crippen LogP contribution in [0.4, 0.5) is 0 Å². The van der Waals surface area contributed by atoms with Gasteiger partial charge in [-0.2, -0.15) is 0 Å². The van der Waals surface area contributed by atoms with Gasteiger partial charge in [0, 0.05) is 5.56 Å². The number of carbonyl (C=O) groups is 1. The highest BCUT2D eigenvalue weighted by Gasteiger charge is 2.17. The van der Waals surface area contributed by atoms with Gasteiger partial charge in [-0.15, -0.1) is 0 Å². The first-order valence-corrected chi connectivity index (χ1v) is 8.29. The fourth-order valence-electron chi connectivity index (χ4n) is 2.14. The molecule has 0 aromatic heterocycles. The van der Waals surface area contributed by atoms with Crippen LogP contribution in [0, 0.1) is 6.92 Å². The van der Waals surface area contributed by atoms with Gasteiger partial charge in [0.2, 0.25) is 0 Å². The van der Waals surface area contributed by atoms with Gasteiger partial charge in [0.25, 0.3) is 0 Å². The Morgan fingerprint density at radius 3 is 2.59 bits per heavy atom. The minimum atomic E-state index is -1.17. The van der Waals surface area contributed by atoms with E-state index in [1.165, 1.54) is 0 Å². The third-order valence-corrected chi connectivity index (χ3v) is 4.86. The van der Waals surface area contributed by atoms with E-state index in [1.807, 2.05) is 49.4 Å². The molecule has 2 aromatic carbocycles. The summed E-state index contributed by atoms with van der Waals surface area (Å²) in [7, 11) is 0. The van der Waals surface area contributed by atoms with Crippen molar-refractivity contribution in [3.05, 3.63) is 65.2 Å². The number of rotatable bonds is 6. The maximum Gasteiger partial charge on any atom is 0.320 e. The van der Waals surface area contributed by atoms with Crippen molar-refractivity contribution in [1.82, 2.24) is 0 Å². The number of nitrogens with two attached hydrogens (primary N) is 1. The predicted octanol–water partition coefficient (Wildman–Crippen LogP) is 2.26. The summed E-state index contributed by atoms with van der Waals surface area (Å²) in [5, 5.41) is 8.92. The van der Waals surface area contributed by atoms with E-state index in [4.69, 9.17) is 10.8 Å². The normalized spacial score (nSPS) is 13.6. The number of aliphatic carboxylic acids is 1. The highest BCUT2D eigenvalue weighted by molar-refractivity contribution is 7.90. The van der Waals surface area contributed by atoms with E-state index in [0.29, 0.717) is 10.6 Å². The summed E-state index contributed by atoms with van der Waals surface area (Å²) in [6.45, 7) is 1.90. The Hall–Kier alpha value is -1.82. The second-order valence-corrected chi connectivity index (χ2v) is 6.66. The first kappa shape index (κ1) is 16.5. The number of carboxylic acids is 1. The second kappa shape index (κ2) is 7.45. The summed E-state index contributed by atoms with van der Waals surface area (Å²) < 4.78 is 12.5. The van der Waals surface area contributed by atoms with Gasteiger partial charge in [-0.05, 0) is 47.8 Å². The molecule has 2 atom stereocenters. The molecule has 2 aromatic rings. The summed E-state index contributed by atoms with van der Waals surface area (Å²) >= 11 is -1.17. The number of hydrogen-bond acceptors (Lipinski definition) is 3. The van der Waals surface area contributed by atoms with E-state index >= 15 is 0 Å². The first-order chi connectivity index (χ1) is 10.5. The van der Waals surface area contributed by atoms with Crippen molar-refractivity contribution >= 4 is 17.1 Å². The lowest BCUT2D eigenvalue weighted by Crippen LogP contribution is -2.32. The van der Waals surface area contributed by atoms with Crippen LogP contribution in [0.15, 0.2) is 53.4 Å². The Balaban J connectivity index is 2.16. The molecule has 0 bridgehead atoms. The SMILES string of the molecule is Cc1ccc([S+]([O-])Cc2ccccc2)cc1C[C@H](N)C(=O)O. The molecule has 0 amide bonds. The van der Waals surface area contributed by atoms with Gasteiger partial charge in [0.05, 0.1) is 0 Å². The fraction of sp³-hybridized carbons (Fsp3) is 0.235. The smallest absolute Gasteiger partial charge is 0.320 e. The van der Waals surface area contributed by atoms with Crippen LogP contribution in [0.3, 0.4) is 0 Å². The van der Waals surface area contributed by atoms with Crippen LogP contribution < -0.4 is 5.73 Å². The van der Waals surface area contributed by atoms with Gasteiger partial charge < -0.3 is 15.4 Å². The van der Waals surface area contributed by atoms with E-state index < -0.39 is 23.2 Å². The van der Waals surface area contributed by atoms with Crippen molar-refractivity contribution in [2.45, 2.75) is 30.0 Å². The topological polar surface area (TPSA) is 86.4 Å². The Kier molecular flexibility index (Phi) is 5.60. The highest BCUT2D eigenvalue weighted by atomic mass is 32.2. The predicted molar refractivity (Wildman–Crippen MR) is 87.0 cm³/mol. The van der Waals surface area contributed by atoms with Crippen molar-refractivity contribution < 1.29 is 14.5 Å². The van der Waals surface area contributed by atoms with Crippen LogP contribution in [-0.2, 0) is 28.1 Å². The molecule has 0 fully saturated rings. The van der Waals surface area contributed by atoms with Crippen molar-refractivity contribution in [2.75, 3.05) is 0 Å². The Morgan fingerprint density at radius 2 is 1.95 bits per heavy atom. The molecule has 22 heavy (non-hydrogen) atoms. The molecule has 0 radical (unpaired) electrons. The molecule has 2 rings (SSSR count). The van der Waals surface area contributed by atoms with Gasteiger partial charge in [-0.25, -0.2) is 0 Å². The lowest BCUT2D eigenvalue weighted by atomic mass is 10.0. The molecule has 0 saturated heterocycles. The third-order valence-electron chi connectivity index (χ3n) is 3.48. The molecule has 116 valence electrons. The van der Waals surface area contributed by atoms with Crippen LogP contribution in [-0.4, -0.2) is 21.7 Å². The molecule has 0 aliphatic carbocycles. The molecule has 0 saturated carbocycles. The Morgan fingerprint density at radius 1 is 1.27 bits per heavy atom. The van der Waals surface area contributed by atoms with E-state index in [-0.39, 0.29) is 6.42 Å². The molecule has 4 nitrogen and oxygen atoms in total. The summed E-state index contributed by atoms with van der Waals surface area (Å²) in [4.78, 5) is 11.6. The van der Waals surface area contributed by atoms with E-state index in [0.717, 1.165) is 16.7 Å². The average Bonchev–Trinajstić information content (AvgIpc) is 2.50. The molecule has 0 heterocycles. The van der Waals surface area contributed by atoms with Crippen LogP contribution in [0.25, 0.3) is 0 Å². The van der Waals surface area contributed by atoms with Gasteiger partial charge in [0.15, 0.2) is 4.90 Å². The van der Waals surface area contributed by atoms with Crippen LogP contribution in [0.2, 0.25) is 0 Å². The molecule has 5 heteroatoms. The largest absolute Gasteiger partial charge is 0.611 e. The van der Waals surface area contributed by atoms with E-state index in [2.05, 4.69) is 0 Å². The zero-order chi connectivity index (χ0) is 16.1. The third kappa shape index (κ3) is 4.34. The highest BCUT2D eigenvalue weighted by Crippen LogP contribution is 2.21.